The largest absolute Gasteiger partial charge is 0.480 e. The Kier molecular flexibility index (Phi) is 4.14. The van der Waals surface area contributed by atoms with E-state index in [4.69, 9.17) is 5.11 Å². The molecule has 1 atom stereocenters. The Balaban J connectivity index is 2.89. The number of aliphatic carboxylic acids is 1. The summed E-state index contributed by atoms with van der Waals surface area (Å²) < 4.78 is 26.0. The maximum Gasteiger partial charge on any atom is 0.326 e. The molecule has 0 saturated carbocycles. The van der Waals surface area contributed by atoms with Crippen LogP contribution >= 0.6 is 0 Å². The highest BCUT2D eigenvalue weighted by molar-refractivity contribution is 5.96. The predicted molar refractivity (Wildman–Crippen MR) is 55.5 cm³/mol. The molecule has 0 bridgehead atoms. The number of benzene rings is 1. The van der Waals surface area contributed by atoms with E-state index in [0.29, 0.717) is 0 Å². The molecule has 4 nitrogen and oxygen atoms in total. The predicted octanol–water partition coefficient (Wildman–Crippen LogP) is 1.56. The molecule has 0 aliphatic carbocycles. The fourth-order valence-corrected chi connectivity index (χ4v) is 1.25. The van der Waals surface area contributed by atoms with E-state index in [1.54, 1.807) is 6.92 Å². The number of nitrogens with one attached hydrogen (secondary N) is 1. The van der Waals surface area contributed by atoms with E-state index in [0.717, 1.165) is 18.2 Å². The van der Waals surface area contributed by atoms with Gasteiger partial charge in [0.1, 0.15) is 17.7 Å². The van der Waals surface area contributed by atoms with Gasteiger partial charge in [-0.15, -0.1) is 0 Å². The number of hydrogen-bond acceptors (Lipinski definition) is 2. The summed E-state index contributed by atoms with van der Waals surface area (Å²) in [5, 5.41) is 10.8. The molecular weight excluding hydrogens is 232 g/mol. The van der Waals surface area contributed by atoms with E-state index >= 15 is 0 Å². The summed E-state index contributed by atoms with van der Waals surface area (Å²) in [5.74, 6) is -3.84. The smallest absolute Gasteiger partial charge is 0.326 e. The summed E-state index contributed by atoms with van der Waals surface area (Å²) in [5.41, 5.74) is -0.510. The lowest BCUT2D eigenvalue weighted by atomic mass is 10.1. The Bertz CT molecular complexity index is 448. The fraction of sp³-hybridized carbons (Fsp3) is 0.273. The monoisotopic (exact) mass is 243 g/mol. The Labute approximate surface area is 96.3 Å². The molecule has 92 valence electrons. The summed E-state index contributed by atoms with van der Waals surface area (Å²) >= 11 is 0. The van der Waals surface area contributed by atoms with Gasteiger partial charge in [0.15, 0.2) is 0 Å². The van der Waals surface area contributed by atoms with Crippen LogP contribution in [0.1, 0.15) is 23.7 Å². The highest BCUT2D eigenvalue weighted by Gasteiger charge is 2.20. The zero-order valence-corrected chi connectivity index (χ0v) is 9.04. The molecule has 0 fully saturated rings. The number of carboxylic acids is 1. The van der Waals surface area contributed by atoms with E-state index in [-0.39, 0.29) is 6.42 Å². The van der Waals surface area contributed by atoms with Crippen molar-refractivity contribution in [3.05, 3.63) is 35.4 Å². The van der Waals surface area contributed by atoms with E-state index < -0.39 is 35.1 Å². The molecule has 0 aliphatic heterocycles. The van der Waals surface area contributed by atoms with Gasteiger partial charge in [0, 0.05) is 0 Å². The Morgan fingerprint density at radius 1 is 1.41 bits per heavy atom. The second kappa shape index (κ2) is 5.38. The third kappa shape index (κ3) is 3.24. The molecule has 0 radical (unpaired) electrons. The Hall–Kier alpha value is -1.98. The summed E-state index contributed by atoms with van der Waals surface area (Å²) in [4.78, 5) is 22.2. The molecule has 0 heterocycles. The molecule has 17 heavy (non-hydrogen) atoms. The van der Waals surface area contributed by atoms with Crippen molar-refractivity contribution in [2.75, 3.05) is 0 Å². The minimum atomic E-state index is -1.22. The molecule has 1 aromatic carbocycles. The van der Waals surface area contributed by atoms with Gasteiger partial charge in [-0.05, 0) is 24.6 Å². The molecule has 1 rings (SSSR count). The van der Waals surface area contributed by atoms with Gasteiger partial charge in [0.25, 0.3) is 5.91 Å². The summed E-state index contributed by atoms with van der Waals surface area (Å²) in [7, 11) is 0. The number of hydrogen-bond donors (Lipinski definition) is 2. The SMILES string of the molecule is CC[C@H](NC(=O)c1cc(F)ccc1F)C(=O)O. The van der Waals surface area contributed by atoms with Crippen molar-refractivity contribution in [1.29, 1.82) is 0 Å². The van der Waals surface area contributed by atoms with Crippen molar-refractivity contribution in [1.82, 2.24) is 5.32 Å². The van der Waals surface area contributed by atoms with Gasteiger partial charge in [0.05, 0.1) is 5.56 Å². The van der Waals surface area contributed by atoms with Crippen molar-refractivity contribution in [3.8, 4) is 0 Å². The average Bonchev–Trinajstić information content (AvgIpc) is 2.28. The van der Waals surface area contributed by atoms with Crippen LogP contribution in [-0.4, -0.2) is 23.0 Å². The summed E-state index contributed by atoms with van der Waals surface area (Å²) in [6.45, 7) is 1.56. The highest BCUT2D eigenvalue weighted by atomic mass is 19.1. The molecule has 0 unspecified atom stereocenters. The van der Waals surface area contributed by atoms with Crippen molar-refractivity contribution >= 4 is 11.9 Å². The van der Waals surface area contributed by atoms with Crippen molar-refractivity contribution in [3.63, 3.8) is 0 Å². The van der Waals surface area contributed by atoms with E-state index in [2.05, 4.69) is 5.32 Å². The van der Waals surface area contributed by atoms with Crippen molar-refractivity contribution in [2.24, 2.45) is 0 Å². The number of carbonyl (C=O) groups is 2. The first-order chi connectivity index (χ1) is 7.95. The van der Waals surface area contributed by atoms with Crippen molar-refractivity contribution in [2.45, 2.75) is 19.4 Å². The number of rotatable bonds is 4. The van der Waals surface area contributed by atoms with Gasteiger partial charge in [-0.25, -0.2) is 13.6 Å². The lowest BCUT2D eigenvalue weighted by Crippen LogP contribution is -2.40. The van der Waals surface area contributed by atoms with Crippen LogP contribution in [0.5, 0.6) is 0 Å². The van der Waals surface area contributed by atoms with Crippen LogP contribution in [-0.2, 0) is 4.79 Å². The number of carbonyl (C=O) groups excluding carboxylic acids is 1. The van der Waals surface area contributed by atoms with Crippen LogP contribution in [0.15, 0.2) is 18.2 Å². The quantitative estimate of drug-likeness (QED) is 0.843. The highest BCUT2D eigenvalue weighted by Crippen LogP contribution is 2.10. The van der Waals surface area contributed by atoms with E-state index in [1.807, 2.05) is 0 Å². The second-order valence-electron chi connectivity index (χ2n) is 3.40. The minimum Gasteiger partial charge on any atom is -0.480 e. The van der Waals surface area contributed by atoms with Gasteiger partial charge < -0.3 is 10.4 Å². The number of carboxylic acid groups (broad SMARTS) is 1. The first-order valence-corrected chi connectivity index (χ1v) is 4.94. The van der Waals surface area contributed by atoms with Crippen LogP contribution in [0.4, 0.5) is 8.78 Å². The molecule has 0 spiro atoms. The first-order valence-electron chi connectivity index (χ1n) is 4.94. The topological polar surface area (TPSA) is 66.4 Å². The maximum atomic E-state index is 13.2. The zero-order valence-electron chi connectivity index (χ0n) is 9.04. The van der Waals surface area contributed by atoms with Gasteiger partial charge in [-0.1, -0.05) is 6.92 Å². The maximum absolute atomic E-state index is 13.2. The van der Waals surface area contributed by atoms with Crippen molar-refractivity contribution < 1.29 is 23.5 Å². The second-order valence-corrected chi connectivity index (χ2v) is 3.40. The van der Waals surface area contributed by atoms with Gasteiger partial charge in [-0.3, -0.25) is 4.79 Å². The first kappa shape index (κ1) is 13.1. The molecular formula is C11H11F2NO3. The molecule has 1 aromatic rings. The Morgan fingerprint density at radius 3 is 2.59 bits per heavy atom. The third-order valence-corrected chi connectivity index (χ3v) is 2.18. The fourth-order valence-electron chi connectivity index (χ4n) is 1.25. The molecule has 0 saturated heterocycles. The molecule has 2 N–H and O–H groups in total. The van der Waals surface area contributed by atoms with Gasteiger partial charge >= 0.3 is 5.97 Å². The van der Waals surface area contributed by atoms with E-state index in [9.17, 15) is 18.4 Å². The lowest BCUT2D eigenvalue weighted by molar-refractivity contribution is -0.139. The average molecular weight is 243 g/mol. The molecule has 6 heteroatoms. The Morgan fingerprint density at radius 2 is 2.06 bits per heavy atom. The van der Waals surface area contributed by atoms with Crippen LogP contribution < -0.4 is 5.32 Å². The van der Waals surface area contributed by atoms with Crippen LogP contribution in [0, 0.1) is 11.6 Å². The molecule has 1 amide bonds. The summed E-state index contributed by atoms with van der Waals surface area (Å²) in [6, 6.07) is 1.29. The van der Waals surface area contributed by atoms with Gasteiger partial charge in [0.2, 0.25) is 0 Å². The van der Waals surface area contributed by atoms with Gasteiger partial charge in [-0.2, -0.15) is 0 Å². The summed E-state index contributed by atoms with van der Waals surface area (Å²) in [6.07, 6.45) is 0.151. The van der Waals surface area contributed by atoms with Crippen LogP contribution in [0.3, 0.4) is 0 Å². The number of amides is 1. The van der Waals surface area contributed by atoms with Crippen LogP contribution in [0.25, 0.3) is 0 Å². The standard InChI is InChI=1S/C11H11F2NO3/c1-2-9(11(16)17)14-10(15)7-5-6(12)3-4-8(7)13/h3-5,9H,2H2,1H3,(H,14,15)(H,16,17)/t9-/m0/s1. The lowest BCUT2D eigenvalue weighted by Gasteiger charge is -2.12. The minimum absolute atomic E-state index is 0.151. The molecule has 0 aliphatic rings. The number of halogens is 2. The molecule has 0 aromatic heterocycles. The zero-order chi connectivity index (χ0) is 13.0. The van der Waals surface area contributed by atoms with Crippen LogP contribution in [0.2, 0.25) is 0 Å². The van der Waals surface area contributed by atoms with E-state index in [1.165, 1.54) is 0 Å². The third-order valence-electron chi connectivity index (χ3n) is 2.18. The normalized spacial score (nSPS) is 11.9.